The molecule has 0 spiro atoms. The molecule has 0 aromatic carbocycles. The van der Waals surface area contributed by atoms with Crippen LogP contribution >= 0.6 is 0 Å². The number of halogens is 1. The van der Waals surface area contributed by atoms with E-state index >= 15 is 0 Å². The molecule has 1 aromatic rings. The normalized spacial score (nSPS) is 15.8. The Kier molecular flexibility index (Phi) is 1.94. The predicted octanol–water partition coefficient (Wildman–Crippen LogP) is 1.91. The van der Waals surface area contributed by atoms with Crippen molar-refractivity contribution in [3.05, 3.63) is 23.3 Å². The molecule has 0 unspecified atom stereocenters. The van der Waals surface area contributed by atoms with Crippen molar-refractivity contribution in [3.8, 4) is 0 Å². The third kappa shape index (κ3) is 1.39. The topological polar surface area (TPSA) is 16.1 Å². The van der Waals surface area contributed by atoms with Gasteiger partial charge in [-0.2, -0.15) is 0 Å². The summed E-state index contributed by atoms with van der Waals surface area (Å²) in [5.74, 6) is -0.201. The molecule has 2 heterocycles. The fraction of sp³-hybridized carbons (Fsp3) is 0.500. The van der Waals surface area contributed by atoms with Gasteiger partial charge < -0.3 is 4.90 Å². The molecule has 0 saturated carbocycles. The predicted molar refractivity (Wildman–Crippen MR) is 50.5 cm³/mol. The Morgan fingerprint density at radius 1 is 1.54 bits per heavy atom. The SMILES string of the molecule is Cc1nc2c(cc1F)N(C)CCC2. The first kappa shape index (κ1) is 8.48. The first-order valence-corrected chi connectivity index (χ1v) is 4.55. The molecule has 0 atom stereocenters. The highest BCUT2D eigenvalue weighted by atomic mass is 19.1. The smallest absolute Gasteiger partial charge is 0.146 e. The van der Waals surface area contributed by atoms with E-state index in [0.29, 0.717) is 5.69 Å². The van der Waals surface area contributed by atoms with Crippen molar-refractivity contribution in [1.82, 2.24) is 4.98 Å². The van der Waals surface area contributed by atoms with Crippen molar-refractivity contribution in [3.63, 3.8) is 0 Å². The summed E-state index contributed by atoms with van der Waals surface area (Å²) in [6.45, 7) is 2.71. The minimum Gasteiger partial charge on any atom is -0.373 e. The maximum atomic E-state index is 13.2. The van der Waals surface area contributed by atoms with Gasteiger partial charge in [-0.05, 0) is 19.8 Å². The average Bonchev–Trinajstić information content (AvgIpc) is 2.09. The Morgan fingerprint density at radius 3 is 3.08 bits per heavy atom. The number of fused-ring (bicyclic) bond motifs is 1. The summed E-state index contributed by atoms with van der Waals surface area (Å²) >= 11 is 0. The number of nitrogens with zero attached hydrogens (tertiary/aromatic N) is 2. The Hall–Kier alpha value is -1.12. The van der Waals surface area contributed by atoms with Gasteiger partial charge >= 0.3 is 0 Å². The highest BCUT2D eigenvalue weighted by Crippen LogP contribution is 2.25. The van der Waals surface area contributed by atoms with E-state index in [4.69, 9.17) is 0 Å². The van der Waals surface area contributed by atoms with E-state index in [1.54, 1.807) is 13.0 Å². The van der Waals surface area contributed by atoms with Crippen LogP contribution in [-0.4, -0.2) is 18.6 Å². The monoisotopic (exact) mass is 180 g/mol. The lowest BCUT2D eigenvalue weighted by atomic mass is 10.1. The molecule has 1 aliphatic heterocycles. The van der Waals surface area contributed by atoms with Crippen LogP contribution in [0.1, 0.15) is 17.8 Å². The fourth-order valence-corrected chi connectivity index (χ4v) is 1.74. The van der Waals surface area contributed by atoms with E-state index in [0.717, 1.165) is 30.8 Å². The number of aryl methyl sites for hydroxylation is 2. The van der Waals surface area contributed by atoms with Crippen molar-refractivity contribution in [2.45, 2.75) is 19.8 Å². The largest absolute Gasteiger partial charge is 0.373 e. The van der Waals surface area contributed by atoms with E-state index in [9.17, 15) is 4.39 Å². The summed E-state index contributed by atoms with van der Waals surface area (Å²) in [7, 11) is 1.98. The molecule has 0 radical (unpaired) electrons. The van der Waals surface area contributed by atoms with Gasteiger partial charge in [0.2, 0.25) is 0 Å². The summed E-state index contributed by atoms with van der Waals surface area (Å²) in [4.78, 5) is 6.31. The lowest BCUT2D eigenvalue weighted by molar-refractivity contribution is 0.600. The molecule has 0 fully saturated rings. The van der Waals surface area contributed by atoms with Crippen LogP contribution in [0.15, 0.2) is 6.07 Å². The van der Waals surface area contributed by atoms with E-state index in [2.05, 4.69) is 9.88 Å². The third-order valence-electron chi connectivity index (χ3n) is 2.53. The van der Waals surface area contributed by atoms with Gasteiger partial charge in [-0.25, -0.2) is 4.39 Å². The maximum absolute atomic E-state index is 13.2. The summed E-state index contributed by atoms with van der Waals surface area (Å²) in [5, 5.41) is 0. The van der Waals surface area contributed by atoms with E-state index in [1.807, 2.05) is 7.05 Å². The Bertz CT molecular complexity index is 336. The van der Waals surface area contributed by atoms with Gasteiger partial charge in [0.1, 0.15) is 5.82 Å². The zero-order chi connectivity index (χ0) is 9.42. The second-order valence-corrected chi connectivity index (χ2v) is 3.55. The number of hydrogen-bond donors (Lipinski definition) is 0. The van der Waals surface area contributed by atoms with Gasteiger partial charge in [0.05, 0.1) is 17.1 Å². The second kappa shape index (κ2) is 2.98. The van der Waals surface area contributed by atoms with Gasteiger partial charge in [0.15, 0.2) is 0 Å². The Morgan fingerprint density at radius 2 is 2.31 bits per heavy atom. The van der Waals surface area contributed by atoms with Gasteiger partial charge in [0.25, 0.3) is 0 Å². The Labute approximate surface area is 77.4 Å². The fourth-order valence-electron chi connectivity index (χ4n) is 1.74. The molecule has 0 aliphatic carbocycles. The zero-order valence-corrected chi connectivity index (χ0v) is 7.97. The first-order chi connectivity index (χ1) is 6.18. The van der Waals surface area contributed by atoms with E-state index in [1.165, 1.54) is 0 Å². The van der Waals surface area contributed by atoms with Crippen LogP contribution in [0.4, 0.5) is 10.1 Å². The van der Waals surface area contributed by atoms with E-state index < -0.39 is 0 Å². The molecular formula is C10H13FN2. The lowest BCUT2D eigenvalue weighted by Gasteiger charge is -2.26. The van der Waals surface area contributed by atoms with Crippen LogP contribution in [0.2, 0.25) is 0 Å². The number of pyridine rings is 1. The Balaban J connectivity index is 2.52. The highest BCUT2D eigenvalue weighted by molar-refractivity contribution is 5.52. The molecule has 1 aliphatic rings. The number of aromatic nitrogens is 1. The number of hydrogen-bond acceptors (Lipinski definition) is 2. The molecule has 0 saturated heterocycles. The molecule has 13 heavy (non-hydrogen) atoms. The van der Waals surface area contributed by atoms with Crippen molar-refractivity contribution in [2.24, 2.45) is 0 Å². The van der Waals surface area contributed by atoms with Crippen molar-refractivity contribution in [1.29, 1.82) is 0 Å². The summed E-state index contributed by atoms with van der Waals surface area (Å²) in [6, 6.07) is 1.59. The zero-order valence-electron chi connectivity index (χ0n) is 7.97. The number of anilines is 1. The quantitative estimate of drug-likeness (QED) is 0.606. The van der Waals surface area contributed by atoms with Crippen LogP contribution in [0.3, 0.4) is 0 Å². The van der Waals surface area contributed by atoms with Crippen molar-refractivity contribution in [2.75, 3.05) is 18.5 Å². The molecule has 1 aromatic heterocycles. The average molecular weight is 180 g/mol. The molecule has 0 bridgehead atoms. The lowest BCUT2D eigenvalue weighted by Crippen LogP contribution is -2.25. The van der Waals surface area contributed by atoms with Crippen LogP contribution in [0.25, 0.3) is 0 Å². The van der Waals surface area contributed by atoms with Crippen LogP contribution in [-0.2, 0) is 6.42 Å². The molecule has 0 amide bonds. The summed E-state index contributed by atoms with van der Waals surface area (Å²) in [5.41, 5.74) is 2.50. The highest BCUT2D eigenvalue weighted by Gasteiger charge is 2.16. The summed E-state index contributed by atoms with van der Waals surface area (Å²) in [6.07, 6.45) is 2.09. The molecule has 2 rings (SSSR count). The number of rotatable bonds is 0. The second-order valence-electron chi connectivity index (χ2n) is 3.55. The maximum Gasteiger partial charge on any atom is 0.146 e. The van der Waals surface area contributed by atoms with Gasteiger partial charge in [-0.15, -0.1) is 0 Å². The van der Waals surface area contributed by atoms with Crippen LogP contribution < -0.4 is 4.90 Å². The van der Waals surface area contributed by atoms with Crippen LogP contribution in [0, 0.1) is 12.7 Å². The minimum atomic E-state index is -0.201. The minimum absolute atomic E-state index is 0.201. The third-order valence-corrected chi connectivity index (χ3v) is 2.53. The van der Waals surface area contributed by atoms with Gasteiger partial charge in [0, 0.05) is 19.7 Å². The van der Waals surface area contributed by atoms with Crippen LogP contribution in [0.5, 0.6) is 0 Å². The first-order valence-electron chi connectivity index (χ1n) is 4.55. The van der Waals surface area contributed by atoms with E-state index in [-0.39, 0.29) is 5.82 Å². The standard InChI is InChI=1S/C10H13FN2/c1-7-8(11)6-10-9(12-7)4-3-5-13(10)2/h6H,3-5H2,1-2H3. The van der Waals surface area contributed by atoms with Gasteiger partial charge in [-0.1, -0.05) is 0 Å². The van der Waals surface area contributed by atoms with Crippen molar-refractivity contribution >= 4 is 5.69 Å². The molecule has 0 N–H and O–H groups in total. The summed E-state index contributed by atoms with van der Waals surface area (Å²) < 4.78 is 13.2. The van der Waals surface area contributed by atoms with Crippen molar-refractivity contribution < 1.29 is 4.39 Å². The molecule has 70 valence electrons. The molecule has 3 heteroatoms. The molecule has 2 nitrogen and oxygen atoms in total. The van der Waals surface area contributed by atoms with Gasteiger partial charge in [-0.3, -0.25) is 4.98 Å². The molecular weight excluding hydrogens is 167 g/mol.